The summed E-state index contributed by atoms with van der Waals surface area (Å²) in [6.07, 6.45) is 0. The van der Waals surface area contributed by atoms with Gasteiger partial charge in [-0.3, -0.25) is 0 Å². The molecule has 110 valence electrons. The van der Waals surface area contributed by atoms with Crippen molar-refractivity contribution >= 4 is 11.6 Å². The number of rotatable bonds is 4. The molecular weight excluding hydrogens is 282 g/mol. The van der Waals surface area contributed by atoms with Gasteiger partial charge in [-0.05, 0) is 46.0 Å². The third-order valence-corrected chi connectivity index (χ3v) is 4.17. The molecule has 1 heterocycles. The Morgan fingerprint density at radius 1 is 1.05 bits per heavy atom. The number of benzene rings is 2. The second kappa shape index (κ2) is 6.18. The van der Waals surface area contributed by atoms with Crippen LogP contribution in [-0.2, 0) is 24.5 Å². The molecule has 0 fully saturated rings. The van der Waals surface area contributed by atoms with Gasteiger partial charge < -0.3 is 10.1 Å². The predicted octanol–water partition coefficient (Wildman–Crippen LogP) is 4.54. The number of nitrogens with one attached hydrogen (secondary N) is 1. The van der Waals surface area contributed by atoms with Crippen molar-refractivity contribution in [3.05, 3.63) is 58.1 Å². The van der Waals surface area contributed by atoms with Crippen molar-refractivity contribution in [3.63, 3.8) is 0 Å². The Morgan fingerprint density at radius 2 is 1.76 bits per heavy atom. The summed E-state index contributed by atoms with van der Waals surface area (Å²) in [5, 5.41) is 4.23. The van der Waals surface area contributed by atoms with E-state index in [9.17, 15) is 0 Å². The van der Waals surface area contributed by atoms with E-state index in [4.69, 9.17) is 16.3 Å². The van der Waals surface area contributed by atoms with Crippen LogP contribution in [0.1, 0.15) is 30.5 Å². The summed E-state index contributed by atoms with van der Waals surface area (Å²) in [5.74, 6) is 0. The van der Waals surface area contributed by atoms with Crippen LogP contribution in [0.2, 0.25) is 5.02 Å². The van der Waals surface area contributed by atoms with Gasteiger partial charge in [0, 0.05) is 17.6 Å². The topological polar surface area (TPSA) is 21.3 Å². The van der Waals surface area contributed by atoms with Crippen LogP contribution in [0.3, 0.4) is 0 Å². The van der Waals surface area contributed by atoms with Crippen molar-refractivity contribution in [2.45, 2.75) is 39.6 Å². The van der Waals surface area contributed by atoms with Crippen LogP contribution in [0.4, 0.5) is 0 Å². The van der Waals surface area contributed by atoms with Crippen molar-refractivity contribution in [1.29, 1.82) is 0 Å². The minimum atomic E-state index is 0.446. The van der Waals surface area contributed by atoms with Gasteiger partial charge in [0.05, 0.1) is 13.2 Å². The molecule has 3 rings (SSSR count). The highest BCUT2D eigenvalue weighted by Gasteiger charge is 2.12. The summed E-state index contributed by atoms with van der Waals surface area (Å²) in [6, 6.07) is 13.2. The summed E-state index contributed by atoms with van der Waals surface area (Å²) >= 11 is 6.30. The molecule has 2 aromatic rings. The average Bonchev–Trinajstić information content (AvgIpc) is 2.93. The average molecular weight is 302 g/mol. The molecular formula is C18H20ClNO. The summed E-state index contributed by atoms with van der Waals surface area (Å²) in [7, 11) is 0. The van der Waals surface area contributed by atoms with Crippen LogP contribution < -0.4 is 5.32 Å². The maximum atomic E-state index is 6.30. The molecule has 0 saturated heterocycles. The van der Waals surface area contributed by atoms with E-state index in [1.807, 2.05) is 6.07 Å². The maximum absolute atomic E-state index is 6.30. The van der Waals surface area contributed by atoms with E-state index < -0.39 is 0 Å². The second-order valence-electron chi connectivity index (χ2n) is 5.82. The highest BCUT2D eigenvalue weighted by Crippen LogP contribution is 2.29. The number of fused-ring (bicyclic) bond motifs is 1. The fourth-order valence-electron chi connectivity index (χ4n) is 2.56. The first-order valence-corrected chi connectivity index (χ1v) is 7.73. The van der Waals surface area contributed by atoms with Gasteiger partial charge >= 0.3 is 0 Å². The molecule has 0 amide bonds. The SMILES string of the molecule is CC(C)NCc1cc(-c2ccc3c(c2)COC3)ccc1Cl. The standard InChI is InChI=1S/C18H20ClNO/c1-12(2)20-9-16-7-14(5-6-18(16)19)13-3-4-15-10-21-11-17(15)8-13/h3-8,12,20H,9-11H2,1-2H3. The fourth-order valence-corrected chi connectivity index (χ4v) is 2.74. The lowest BCUT2D eigenvalue weighted by atomic mass is 9.99. The predicted molar refractivity (Wildman–Crippen MR) is 87.4 cm³/mol. The quantitative estimate of drug-likeness (QED) is 0.895. The number of ether oxygens (including phenoxy) is 1. The number of hydrogen-bond donors (Lipinski definition) is 1. The Bertz CT molecular complexity index is 652. The van der Waals surface area contributed by atoms with E-state index in [1.165, 1.54) is 22.3 Å². The molecule has 21 heavy (non-hydrogen) atoms. The number of hydrogen-bond acceptors (Lipinski definition) is 2. The van der Waals surface area contributed by atoms with E-state index in [1.54, 1.807) is 0 Å². The summed E-state index contributed by atoms with van der Waals surface area (Å²) in [6.45, 7) is 6.52. The first-order chi connectivity index (χ1) is 10.1. The van der Waals surface area contributed by atoms with Crippen molar-refractivity contribution in [2.75, 3.05) is 0 Å². The summed E-state index contributed by atoms with van der Waals surface area (Å²) in [4.78, 5) is 0. The van der Waals surface area contributed by atoms with Gasteiger partial charge in [-0.15, -0.1) is 0 Å². The largest absolute Gasteiger partial charge is 0.372 e. The minimum absolute atomic E-state index is 0.446. The van der Waals surface area contributed by atoms with Gasteiger partial charge in [0.1, 0.15) is 0 Å². The van der Waals surface area contributed by atoms with Crippen LogP contribution in [-0.4, -0.2) is 6.04 Å². The van der Waals surface area contributed by atoms with Crippen LogP contribution in [0.15, 0.2) is 36.4 Å². The molecule has 0 saturated carbocycles. The lowest BCUT2D eigenvalue weighted by Gasteiger charge is -2.12. The molecule has 0 aromatic heterocycles. The van der Waals surface area contributed by atoms with E-state index in [2.05, 4.69) is 49.5 Å². The van der Waals surface area contributed by atoms with Crippen LogP contribution in [0, 0.1) is 0 Å². The van der Waals surface area contributed by atoms with Gasteiger partial charge in [0.15, 0.2) is 0 Å². The second-order valence-corrected chi connectivity index (χ2v) is 6.23. The van der Waals surface area contributed by atoms with Crippen molar-refractivity contribution in [2.24, 2.45) is 0 Å². The Labute approximate surface area is 131 Å². The summed E-state index contributed by atoms with van der Waals surface area (Å²) in [5.41, 5.74) is 6.16. The molecule has 0 radical (unpaired) electrons. The van der Waals surface area contributed by atoms with Crippen molar-refractivity contribution in [1.82, 2.24) is 5.32 Å². The molecule has 1 aliphatic heterocycles. The van der Waals surface area contributed by atoms with Gasteiger partial charge in [-0.1, -0.05) is 43.6 Å². The highest BCUT2D eigenvalue weighted by atomic mass is 35.5. The Hall–Kier alpha value is -1.35. The third kappa shape index (κ3) is 3.29. The third-order valence-electron chi connectivity index (χ3n) is 3.80. The first kappa shape index (κ1) is 14.6. The zero-order valence-corrected chi connectivity index (χ0v) is 13.2. The van der Waals surface area contributed by atoms with Crippen LogP contribution in [0.25, 0.3) is 11.1 Å². The van der Waals surface area contributed by atoms with Gasteiger partial charge in [-0.2, -0.15) is 0 Å². The first-order valence-electron chi connectivity index (χ1n) is 7.35. The molecule has 0 spiro atoms. The zero-order chi connectivity index (χ0) is 14.8. The molecule has 1 N–H and O–H groups in total. The van der Waals surface area contributed by atoms with E-state index >= 15 is 0 Å². The van der Waals surface area contributed by atoms with Crippen molar-refractivity contribution < 1.29 is 4.74 Å². The number of halogens is 1. The lowest BCUT2D eigenvalue weighted by molar-refractivity contribution is 0.134. The minimum Gasteiger partial charge on any atom is -0.372 e. The zero-order valence-electron chi connectivity index (χ0n) is 12.4. The summed E-state index contributed by atoms with van der Waals surface area (Å²) < 4.78 is 5.48. The molecule has 0 atom stereocenters. The Balaban J connectivity index is 1.90. The Morgan fingerprint density at radius 3 is 2.57 bits per heavy atom. The normalized spacial score (nSPS) is 13.7. The van der Waals surface area contributed by atoms with E-state index in [0.29, 0.717) is 6.04 Å². The van der Waals surface area contributed by atoms with Crippen LogP contribution in [0.5, 0.6) is 0 Å². The molecule has 3 heteroatoms. The fraction of sp³-hybridized carbons (Fsp3) is 0.333. The highest BCUT2D eigenvalue weighted by molar-refractivity contribution is 6.31. The molecule has 0 unspecified atom stereocenters. The lowest BCUT2D eigenvalue weighted by Crippen LogP contribution is -2.21. The maximum Gasteiger partial charge on any atom is 0.0725 e. The van der Waals surface area contributed by atoms with Crippen molar-refractivity contribution in [3.8, 4) is 11.1 Å². The van der Waals surface area contributed by atoms with Gasteiger partial charge in [0.2, 0.25) is 0 Å². The van der Waals surface area contributed by atoms with Gasteiger partial charge in [0.25, 0.3) is 0 Å². The Kier molecular flexibility index (Phi) is 4.29. The van der Waals surface area contributed by atoms with E-state index in [0.717, 1.165) is 30.3 Å². The molecule has 0 aliphatic carbocycles. The molecule has 0 bridgehead atoms. The molecule has 2 nitrogen and oxygen atoms in total. The molecule has 2 aromatic carbocycles. The molecule has 1 aliphatic rings. The van der Waals surface area contributed by atoms with Crippen LogP contribution >= 0.6 is 11.6 Å². The smallest absolute Gasteiger partial charge is 0.0725 e. The van der Waals surface area contributed by atoms with E-state index in [-0.39, 0.29) is 0 Å². The van der Waals surface area contributed by atoms with Gasteiger partial charge in [-0.25, -0.2) is 0 Å². The monoisotopic (exact) mass is 301 g/mol.